The van der Waals surface area contributed by atoms with Gasteiger partial charge in [0.05, 0.1) is 6.10 Å². The minimum atomic E-state index is -1.42. The van der Waals surface area contributed by atoms with Crippen LogP contribution in [0.2, 0.25) is 0 Å². The third kappa shape index (κ3) is 16.6. The van der Waals surface area contributed by atoms with E-state index in [2.05, 4.69) is 49.8 Å². The average molecular weight is 875 g/mol. The van der Waals surface area contributed by atoms with Gasteiger partial charge in [0.15, 0.2) is 0 Å². The van der Waals surface area contributed by atoms with Crippen molar-refractivity contribution in [2.75, 3.05) is 5.75 Å². The molecule has 0 bridgehead atoms. The van der Waals surface area contributed by atoms with Crippen molar-refractivity contribution >= 4 is 59.9 Å². The van der Waals surface area contributed by atoms with Crippen molar-refractivity contribution in [2.24, 2.45) is 11.7 Å². The minimum Gasteiger partial charge on any atom is -0.508 e. The quantitative estimate of drug-likeness (QED) is 0.0544. The van der Waals surface area contributed by atoms with Gasteiger partial charge in [0.25, 0.3) is 0 Å². The largest absolute Gasteiger partial charge is 0.508 e. The first-order valence-corrected chi connectivity index (χ1v) is 20.2. The topological polar surface area (TPSA) is 328 Å². The number of hydrogen-bond donors (Lipinski definition) is 13. The molecule has 21 heteroatoms. The molecule has 0 aliphatic rings. The summed E-state index contributed by atoms with van der Waals surface area (Å²) in [5.41, 5.74) is 6.63. The van der Waals surface area contributed by atoms with Crippen LogP contribution >= 0.6 is 12.6 Å². The number of phenolic OH excluding ortho intramolecular Hbond substituents is 2. The van der Waals surface area contributed by atoms with Gasteiger partial charge in [-0.25, -0.2) is 0 Å². The molecule has 0 saturated carbocycles. The molecule has 0 aliphatic carbocycles. The zero-order valence-corrected chi connectivity index (χ0v) is 35.7. The SMILES string of the molecule is CC[C@H](C)[C@H](NC(=O)[C@H](C)NC(=O)[C@@H](N)[C@@H](C)O)C(=O)N[C@@H](Cc1ccc(O)cc1)C(=O)N[C@@H](Cc1ccc(O)cc1)C(=O)N[C@@H](CS)C(=O)N[C@@H](C)C(=O)N[C@@H](C)C(=O)O. The zero-order valence-electron chi connectivity index (χ0n) is 34.8. The van der Waals surface area contributed by atoms with Crippen molar-refractivity contribution in [3.8, 4) is 11.5 Å². The van der Waals surface area contributed by atoms with Gasteiger partial charge < -0.3 is 63.4 Å². The molecule has 0 unspecified atom stereocenters. The van der Waals surface area contributed by atoms with E-state index in [1.54, 1.807) is 13.8 Å². The highest BCUT2D eigenvalue weighted by atomic mass is 32.1. The maximum atomic E-state index is 14.2. The number of thiol groups is 1. The first kappa shape index (κ1) is 51.2. The normalized spacial score (nSPS) is 16.0. The van der Waals surface area contributed by atoms with Crippen molar-refractivity contribution < 1.29 is 58.8 Å². The predicted molar refractivity (Wildman–Crippen MR) is 225 cm³/mol. The smallest absolute Gasteiger partial charge is 0.325 e. The molecular weight excluding hydrogens is 817 g/mol. The fourth-order valence-corrected chi connectivity index (χ4v) is 5.77. The molecular formula is C40H58N8O12S. The third-order valence-corrected chi connectivity index (χ3v) is 10.0. The highest BCUT2D eigenvalue weighted by Gasteiger charge is 2.35. The summed E-state index contributed by atoms with van der Waals surface area (Å²) in [4.78, 5) is 105. The highest BCUT2D eigenvalue weighted by molar-refractivity contribution is 7.80. The number of amides is 7. The molecule has 61 heavy (non-hydrogen) atoms. The van der Waals surface area contributed by atoms with Gasteiger partial charge in [-0.3, -0.25) is 38.4 Å². The maximum Gasteiger partial charge on any atom is 0.325 e. The fraction of sp³-hybridized carbons (Fsp3) is 0.500. The molecule has 0 aliphatic heterocycles. The lowest BCUT2D eigenvalue weighted by Gasteiger charge is -2.29. The predicted octanol–water partition coefficient (Wildman–Crippen LogP) is -1.90. The van der Waals surface area contributed by atoms with Gasteiger partial charge in [-0.1, -0.05) is 44.5 Å². The van der Waals surface area contributed by atoms with Crippen molar-refractivity contribution in [3.05, 3.63) is 59.7 Å². The number of carboxylic acids is 1. The van der Waals surface area contributed by atoms with E-state index in [0.29, 0.717) is 17.5 Å². The maximum absolute atomic E-state index is 14.2. The van der Waals surface area contributed by atoms with E-state index in [0.717, 1.165) is 0 Å². The number of hydrogen-bond acceptors (Lipinski definition) is 13. The summed E-state index contributed by atoms with van der Waals surface area (Å²) < 4.78 is 0. The number of aliphatic carboxylic acids is 1. The summed E-state index contributed by atoms with van der Waals surface area (Å²) in [5.74, 6) is -7.96. The van der Waals surface area contributed by atoms with E-state index in [9.17, 15) is 53.7 Å². The summed E-state index contributed by atoms with van der Waals surface area (Å²) in [6.07, 6.45) is -1.16. The molecule has 0 radical (unpaired) electrons. The van der Waals surface area contributed by atoms with E-state index < -0.39 is 108 Å². The van der Waals surface area contributed by atoms with Gasteiger partial charge >= 0.3 is 5.97 Å². The van der Waals surface area contributed by atoms with Gasteiger partial charge in [-0.05, 0) is 69.0 Å². The van der Waals surface area contributed by atoms with Crippen molar-refractivity contribution in [1.29, 1.82) is 0 Å². The average Bonchev–Trinajstić information content (AvgIpc) is 3.21. The molecule has 7 amide bonds. The summed E-state index contributed by atoms with van der Waals surface area (Å²) in [7, 11) is 0. The number of benzene rings is 2. The van der Waals surface area contributed by atoms with E-state index in [4.69, 9.17) is 10.8 Å². The Bertz CT molecular complexity index is 1850. The van der Waals surface area contributed by atoms with Crippen LogP contribution in [0.5, 0.6) is 11.5 Å². The standard InChI is InChI=1S/C40H58N8O12S/c1-7-19(2)32(48-34(53)21(4)43-38(57)31(41)23(6)49)39(58)46-29(17-25-10-14-27(51)15-11-25)35(54)45-28(16-24-8-12-26(50)13-9-24)36(55)47-30(18-61)37(56)42-20(3)33(52)44-22(5)40(59)60/h8-15,19-23,28-32,49-51,61H,7,16-18,41H2,1-6H3,(H,42,56)(H,43,57)(H,44,52)(H,45,54)(H,46,58)(H,47,55)(H,48,53)(H,59,60)/t19-,20-,21-,22-,23+,28-,29-,30-,31-,32-/m0/s1. The molecule has 2 aromatic carbocycles. The molecule has 20 nitrogen and oxygen atoms in total. The number of nitrogens with one attached hydrogen (secondary N) is 7. The van der Waals surface area contributed by atoms with E-state index in [-0.39, 0.29) is 30.1 Å². The Morgan fingerprint density at radius 3 is 1.34 bits per heavy atom. The van der Waals surface area contributed by atoms with Gasteiger partial charge in [-0.15, -0.1) is 0 Å². The van der Waals surface area contributed by atoms with Crippen LogP contribution in [0.1, 0.15) is 59.1 Å². The van der Waals surface area contributed by atoms with Crippen LogP contribution in [-0.2, 0) is 51.2 Å². The van der Waals surface area contributed by atoms with Crippen molar-refractivity contribution in [1.82, 2.24) is 37.2 Å². The van der Waals surface area contributed by atoms with E-state index in [1.165, 1.54) is 76.2 Å². The monoisotopic (exact) mass is 874 g/mol. The zero-order chi connectivity index (χ0) is 46.1. The van der Waals surface area contributed by atoms with Crippen LogP contribution in [0.25, 0.3) is 0 Å². The number of phenols is 2. The van der Waals surface area contributed by atoms with Gasteiger partial charge in [0.2, 0.25) is 41.4 Å². The summed E-state index contributed by atoms with van der Waals surface area (Å²) in [5, 5.41) is 55.9. The molecule has 0 aromatic heterocycles. The molecule has 2 aromatic rings. The Hall–Kier alpha value is -5.93. The van der Waals surface area contributed by atoms with Crippen LogP contribution in [0, 0.1) is 5.92 Å². The van der Waals surface area contributed by atoms with Crippen LogP contribution in [0.3, 0.4) is 0 Å². The summed E-state index contributed by atoms with van der Waals surface area (Å²) >= 11 is 4.18. The number of aliphatic hydroxyl groups is 1. The van der Waals surface area contributed by atoms with Gasteiger partial charge in [-0.2, -0.15) is 12.6 Å². The molecule has 336 valence electrons. The van der Waals surface area contributed by atoms with Crippen molar-refractivity contribution in [3.63, 3.8) is 0 Å². The Morgan fingerprint density at radius 1 is 0.557 bits per heavy atom. The number of rotatable bonds is 23. The summed E-state index contributed by atoms with van der Waals surface area (Å²) in [6.45, 7) is 8.66. The molecule has 0 fully saturated rings. The number of aromatic hydroxyl groups is 2. The van der Waals surface area contributed by atoms with E-state index in [1.807, 2.05) is 0 Å². The Balaban J connectivity index is 2.43. The molecule has 0 spiro atoms. The van der Waals surface area contributed by atoms with Crippen LogP contribution in [0.4, 0.5) is 0 Å². The van der Waals surface area contributed by atoms with Gasteiger partial charge in [0, 0.05) is 18.6 Å². The second kappa shape index (κ2) is 24.4. The minimum absolute atomic E-state index is 0.0674. The summed E-state index contributed by atoms with van der Waals surface area (Å²) in [6, 6.07) is 1.09. The second-order valence-electron chi connectivity index (χ2n) is 14.8. The molecule has 13 N–H and O–H groups in total. The number of nitrogens with two attached hydrogens (primary N) is 1. The lowest BCUT2D eigenvalue weighted by Crippen LogP contribution is -2.61. The number of carbonyl (C=O) groups excluding carboxylic acids is 7. The Kier molecular flexibility index (Phi) is 20.4. The molecule has 0 heterocycles. The van der Waals surface area contributed by atoms with Crippen LogP contribution in [-0.4, -0.2) is 128 Å². The molecule has 0 saturated heterocycles. The molecule has 2 rings (SSSR count). The number of carbonyl (C=O) groups is 8. The van der Waals surface area contributed by atoms with Crippen LogP contribution < -0.4 is 43.0 Å². The number of carboxylic acid groups (broad SMARTS) is 1. The fourth-order valence-electron chi connectivity index (χ4n) is 5.51. The third-order valence-electron chi connectivity index (χ3n) is 9.68. The van der Waals surface area contributed by atoms with Gasteiger partial charge in [0.1, 0.15) is 59.8 Å². The molecule has 10 atom stereocenters. The lowest BCUT2D eigenvalue weighted by molar-refractivity contribution is -0.141. The Labute approximate surface area is 359 Å². The highest BCUT2D eigenvalue weighted by Crippen LogP contribution is 2.15. The Morgan fingerprint density at radius 2 is 0.934 bits per heavy atom. The first-order chi connectivity index (χ1) is 28.6. The van der Waals surface area contributed by atoms with Crippen molar-refractivity contribution in [2.45, 2.75) is 115 Å². The second-order valence-corrected chi connectivity index (χ2v) is 15.1. The number of aliphatic hydroxyl groups excluding tert-OH is 1. The van der Waals surface area contributed by atoms with Crippen LogP contribution in [0.15, 0.2) is 48.5 Å². The van der Waals surface area contributed by atoms with E-state index >= 15 is 0 Å². The first-order valence-electron chi connectivity index (χ1n) is 19.5. The lowest BCUT2D eigenvalue weighted by atomic mass is 9.96.